The Balaban J connectivity index is 1.55. The lowest BCUT2D eigenvalue weighted by Gasteiger charge is -2.26. The van der Waals surface area contributed by atoms with Crippen molar-refractivity contribution in [2.45, 2.75) is 50.5 Å². The van der Waals surface area contributed by atoms with Crippen LogP contribution in [0.2, 0.25) is 0 Å². The van der Waals surface area contributed by atoms with Gasteiger partial charge in [-0.25, -0.2) is 8.42 Å². The summed E-state index contributed by atoms with van der Waals surface area (Å²) in [7, 11) is -2.21. The minimum Gasteiger partial charge on any atom is -0.494 e. The van der Waals surface area contributed by atoms with E-state index in [1.807, 2.05) is 6.92 Å². The molecule has 0 aliphatic heterocycles. The Bertz CT molecular complexity index is 982. The summed E-state index contributed by atoms with van der Waals surface area (Å²) in [6.45, 7) is 4.56. The zero-order chi connectivity index (χ0) is 23.1. The van der Waals surface area contributed by atoms with E-state index < -0.39 is 10.0 Å². The Morgan fingerprint density at radius 1 is 0.969 bits per heavy atom. The van der Waals surface area contributed by atoms with Crippen LogP contribution in [-0.4, -0.2) is 40.6 Å². The predicted octanol–water partition coefficient (Wildman–Crippen LogP) is 3.98. The van der Waals surface area contributed by atoms with Crippen LogP contribution >= 0.6 is 0 Å². The molecule has 0 atom stereocenters. The van der Waals surface area contributed by atoms with Crippen molar-refractivity contribution in [3.05, 3.63) is 48.5 Å². The molecule has 3 rings (SSSR count). The average Bonchev–Trinajstić information content (AvgIpc) is 2.80. The van der Waals surface area contributed by atoms with Gasteiger partial charge in [0.25, 0.3) is 15.9 Å². The van der Waals surface area contributed by atoms with Gasteiger partial charge in [-0.1, -0.05) is 6.92 Å². The van der Waals surface area contributed by atoms with E-state index in [0.29, 0.717) is 23.8 Å². The van der Waals surface area contributed by atoms with Gasteiger partial charge in [0.1, 0.15) is 11.5 Å². The number of hydrogen-bond acceptors (Lipinski definition) is 5. The standard InChI is InChI=1S/C24H32N2O5S/c1-4-30-21-13-15-23(16-14-21)32(28,29)26(3)20-9-11-22(12-10-20)31-17-24(27)25-19-7-5-18(2)6-8-19/h9-16,18-19H,4-8,17H2,1-3H3,(H,25,27). The van der Waals surface area contributed by atoms with Crippen LogP contribution < -0.4 is 19.1 Å². The SMILES string of the molecule is CCOc1ccc(S(=O)(=O)N(C)c2ccc(OCC(=O)NC3CCC(C)CC3)cc2)cc1. The summed E-state index contributed by atoms with van der Waals surface area (Å²) in [6.07, 6.45) is 4.30. The molecule has 0 heterocycles. The number of carbonyl (C=O) groups excluding carboxylic acids is 1. The monoisotopic (exact) mass is 460 g/mol. The van der Waals surface area contributed by atoms with Crippen LogP contribution in [0.15, 0.2) is 53.4 Å². The summed E-state index contributed by atoms with van der Waals surface area (Å²) in [5.74, 6) is 1.73. The Morgan fingerprint density at radius 3 is 2.12 bits per heavy atom. The summed E-state index contributed by atoms with van der Waals surface area (Å²) in [4.78, 5) is 12.3. The molecule has 1 fully saturated rings. The summed E-state index contributed by atoms with van der Waals surface area (Å²) in [5.41, 5.74) is 0.493. The number of nitrogens with zero attached hydrogens (tertiary/aromatic N) is 1. The molecule has 32 heavy (non-hydrogen) atoms. The third-order valence-electron chi connectivity index (χ3n) is 5.74. The highest BCUT2D eigenvalue weighted by Gasteiger charge is 2.22. The van der Waals surface area contributed by atoms with Crippen molar-refractivity contribution in [2.24, 2.45) is 5.92 Å². The summed E-state index contributed by atoms with van der Waals surface area (Å²) in [5, 5.41) is 3.03. The molecule has 7 nitrogen and oxygen atoms in total. The number of benzene rings is 2. The first-order valence-corrected chi connectivity index (χ1v) is 12.5. The fraction of sp³-hybridized carbons (Fsp3) is 0.458. The molecule has 0 spiro atoms. The van der Waals surface area contributed by atoms with E-state index in [-0.39, 0.29) is 23.5 Å². The van der Waals surface area contributed by atoms with Gasteiger partial charge < -0.3 is 14.8 Å². The topological polar surface area (TPSA) is 84.9 Å². The molecule has 174 valence electrons. The number of ether oxygens (including phenoxy) is 2. The van der Waals surface area contributed by atoms with E-state index >= 15 is 0 Å². The number of sulfonamides is 1. The summed E-state index contributed by atoms with van der Waals surface area (Å²) < 4.78 is 38.0. The zero-order valence-corrected chi connectivity index (χ0v) is 19.7. The second kappa shape index (κ2) is 10.7. The third kappa shape index (κ3) is 6.16. The van der Waals surface area contributed by atoms with Crippen LogP contribution in [0.3, 0.4) is 0 Å². The number of hydrogen-bond donors (Lipinski definition) is 1. The number of nitrogens with one attached hydrogen (secondary N) is 1. The predicted molar refractivity (Wildman–Crippen MR) is 125 cm³/mol. The first-order valence-electron chi connectivity index (χ1n) is 11.0. The van der Waals surface area contributed by atoms with Crippen molar-refractivity contribution in [3.63, 3.8) is 0 Å². The molecular formula is C24H32N2O5S. The molecule has 0 aromatic heterocycles. The minimum atomic E-state index is -3.71. The second-order valence-corrected chi connectivity index (χ2v) is 10.2. The highest BCUT2D eigenvalue weighted by atomic mass is 32.2. The highest BCUT2D eigenvalue weighted by molar-refractivity contribution is 7.92. The molecule has 0 bridgehead atoms. The lowest BCUT2D eigenvalue weighted by molar-refractivity contribution is -0.124. The summed E-state index contributed by atoms with van der Waals surface area (Å²) in [6, 6.07) is 13.2. The Hall–Kier alpha value is -2.74. The first-order chi connectivity index (χ1) is 15.3. The largest absolute Gasteiger partial charge is 0.494 e. The number of rotatable bonds is 9. The molecule has 0 saturated heterocycles. The van der Waals surface area contributed by atoms with Gasteiger partial charge in [0.05, 0.1) is 17.2 Å². The molecule has 0 radical (unpaired) electrons. The Kier molecular flexibility index (Phi) is 8.01. The molecule has 1 saturated carbocycles. The molecule has 1 aliphatic carbocycles. The molecule has 2 aromatic carbocycles. The van der Waals surface area contributed by atoms with Crippen LogP contribution in [0.25, 0.3) is 0 Å². The van der Waals surface area contributed by atoms with Crippen molar-refractivity contribution in [1.29, 1.82) is 0 Å². The molecule has 2 aromatic rings. The molecule has 1 amide bonds. The fourth-order valence-corrected chi connectivity index (χ4v) is 4.94. The van der Waals surface area contributed by atoms with Gasteiger partial charge in [0.15, 0.2) is 6.61 Å². The van der Waals surface area contributed by atoms with Crippen molar-refractivity contribution >= 4 is 21.6 Å². The van der Waals surface area contributed by atoms with Crippen LogP contribution in [0.5, 0.6) is 11.5 Å². The fourth-order valence-electron chi connectivity index (χ4n) is 3.75. The van der Waals surface area contributed by atoms with E-state index in [1.54, 1.807) is 36.4 Å². The number of amides is 1. The maximum absolute atomic E-state index is 12.9. The lowest BCUT2D eigenvalue weighted by Crippen LogP contribution is -2.39. The van der Waals surface area contributed by atoms with Gasteiger partial charge in [-0.2, -0.15) is 0 Å². The van der Waals surface area contributed by atoms with Crippen molar-refractivity contribution in [1.82, 2.24) is 5.32 Å². The smallest absolute Gasteiger partial charge is 0.264 e. The minimum absolute atomic E-state index is 0.0638. The van der Waals surface area contributed by atoms with E-state index in [2.05, 4.69) is 12.2 Å². The molecule has 0 unspecified atom stereocenters. The molecule has 1 aliphatic rings. The van der Waals surface area contributed by atoms with E-state index in [9.17, 15) is 13.2 Å². The first kappa shape index (κ1) is 23.9. The van der Waals surface area contributed by atoms with E-state index in [1.165, 1.54) is 23.5 Å². The van der Waals surface area contributed by atoms with E-state index in [0.717, 1.165) is 31.6 Å². The van der Waals surface area contributed by atoms with Crippen molar-refractivity contribution in [3.8, 4) is 11.5 Å². The normalized spacial score (nSPS) is 18.6. The Morgan fingerprint density at radius 2 is 1.53 bits per heavy atom. The van der Waals surface area contributed by atoms with Gasteiger partial charge in [0.2, 0.25) is 0 Å². The zero-order valence-electron chi connectivity index (χ0n) is 18.9. The average molecular weight is 461 g/mol. The van der Waals surface area contributed by atoms with Crippen LogP contribution in [0.1, 0.15) is 39.5 Å². The van der Waals surface area contributed by atoms with Gasteiger partial charge >= 0.3 is 0 Å². The second-order valence-electron chi connectivity index (χ2n) is 8.18. The highest BCUT2D eigenvalue weighted by Crippen LogP contribution is 2.26. The quantitative estimate of drug-likeness (QED) is 0.612. The van der Waals surface area contributed by atoms with Gasteiger partial charge in [-0.05, 0) is 87.1 Å². The van der Waals surface area contributed by atoms with Gasteiger partial charge in [-0.3, -0.25) is 9.10 Å². The molecule has 8 heteroatoms. The summed E-state index contributed by atoms with van der Waals surface area (Å²) >= 11 is 0. The molecular weight excluding hydrogens is 428 g/mol. The van der Waals surface area contributed by atoms with Crippen LogP contribution in [-0.2, 0) is 14.8 Å². The van der Waals surface area contributed by atoms with Gasteiger partial charge in [0, 0.05) is 13.1 Å². The number of carbonyl (C=O) groups is 1. The maximum Gasteiger partial charge on any atom is 0.264 e. The third-order valence-corrected chi connectivity index (χ3v) is 7.54. The van der Waals surface area contributed by atoms with Gasteiger partial charge in [-0.15, -0.1) is 0 Å². The number of anilines is 1. The maximum atomic E-state index is 12.9. The van der Waals surface area contributed by atoms with Crippen LogP contribution in [0.4, 0.5) is 5.69 Å². The van der Waals surface area contributed by atoms with Crippen molar-refractivity contribution in [2.75, 3.05) is 24.6 Å². The molecule has 1 N–H and O–H groups in total. The van der Waals surface area contributed by atoms with Crippen LogP contribution in [0, 0.1) is 5.92 Å². The Labute approximate surface area is 190 Å². The van der Waals surface area contributed by atoms with E-state index in [4.69, 9.17) is 9.47 Å². The van der Waals surface area contributed by atoms with Crippen molar-refractivity contribution < 1.29 is 22.7 Å². The lowest BCUT2D eigenvalue weighted by atomic mass is 9.87.